The maximum atomic E-state index is 4.64. The van der Waals surface area contributed by atoms with Crippen LogP contribution in [0.15, 0.2) is 42.9 Å². The lowest BCUT2D eigenvalue weighted by Crippen LogP contribution is -2.27. The summed E-state index contributed by atoms with van der Waals surface area (Å²) in [6, 6.07) is 10.8. The van der Waals surface area contributed by atoms with E-state index in [1.807, 2.05) is 20.2 Å². The van der Waals surface area contributed by atoms with Crippen molar-refractivity contribution >= 4 is 5.95 Å². The summed E-state index contributed by atoms with van der Waals surface area (Å²) in [6.45, 7) is 6.05. The number of hydrogen-bond acceptors (Lipinski definition) is 6. The Morgan fingerprint density at radius 2 is 2.04 bits per heavy atom. The van der Waals surface area contributed by atoms with E-state index in [4.69, 9.17) is 0 Å². The Morgan fingerprint density at radius 1 is 1.19 bits per heavy atom. The fourth-order valence-corrected chi connectivity index (χ4v) is 3.62. The standard InChI is InChI=1S/C20H25N7/c1-15-12-22-20(25-18(15)19-23-14-24-26(19)2)21-9-11-27-10-8-17(13-27)16-6-4-3-5-7-16/h3-7,12,14,17H,8-11,13H2,1-2H3,(H,21,22,25). The molecule has 3 heterocycles. The highest BCUT2D eigenvalue weighted by atomic mass is 15.3. The summed E-state index contributed by atoms with van der Waals surface area (Å²) < 4.78 is 1.73. The van der Waals surface area contributed by atoms with E-state index in [-0.39, 0.29) is 0 Å². The minimum absolute atomic E-state index is 0.636. The Hall–Kier alpha value is -2.80. The number of nitrogens with zero attached hydrogens (tertiary/aromatic N) is 6. The third-order valence-corrected chi connectivity index (χ3v) is 5.15. The van der Waals surface area contributed by atoms with Crippen molar-refractivity contribution in [3.8, 4) is 11.5 Å². The van der Waals surface area contributed by atoms with Crippen LogP contribution in [0, 0.1) is 6.92 Å². The average molecular weight is 363 g/mol. The number of likely N-dealkylation sites (tertiary alicyclic amines) is 1. The molecule has 7 nitrogen and oxygen atoms in total. The van der Waals surface area contributed by atoms with Crippen molar-refractivity contribution in [2.75, 3.05) is 31.5 Å². The Kier molecular flexibility index (Phi) is 5.11. The van der Waals surface area contributed by atoms with Gasteiger partial charge in [-0.2, -0.15) is 5.10 Å². The van der Waals surface area contributed by atoms with E-state index < -0.39 is 0 Å². The van der Waals surface area contributed by atoms with Crippen molar-refractivity contribution in [1.29, 1.82) is 0 Å². The number of aromatic nitrogens is 5. The lowest BCUT2D eigenvalue weighted by molar-refractivity contribution is 0.347. The summed E-state index contributed by atoms with van der Waals surface area (Å²) in [6.07, 6.45) is 4.60. The van der Waals surface area contributed by atoms with Crippen molar-refractivity contribution in [3.05, 3.63) is 54.0 Å². The molecule has 140 valence electrons. The lowest BCUT2D eigenvalue weighted by atomic mass is 9.99. The SMILES string of the molecule is Cc1cnc(NCCN2CCC(c3ccccc3)C2)nc1-c1ncnn1C. The summed E-state index contributed by atoms with van der Waals surface area (Å²) in [5.41, 5.74) is 3.25. The molecule has 27 heavy (non-hydrogen) atoms. The van der Waals surface area contributed by atoms with Crippen LogP contribution in [0.4, 0.5) is 5.95 Å². The third-order valence-electron chi connectivity index (χ3n) is 5.15. The van der Waals surface area contributed by atoms with Crippen molar-refractivity contribution in [1.82, 2.24) is 29.6 Å². The summed E-state index contributed by atoms with van der Waals surface area (Å²) in [4.78, 5) is 15.8. The second kappa shape index (κ2) is 7.84. The molecule has 2 aromatic heterocycles. The van der Waals surface area contributed by atoms with E-state index in [1.54, 1.807) is 11.0 Å². The molecule has 1 N–H and O–H groups in total. The van der Waals surface area contributed by atoms with Gasteiger partial charge in [0.05, 0.1) is 0 Å². The van der Waals surface area contributed by atoms with Gasteiger partial charge in [-0.15, -0.1) is 0 Å². The van der Waals surface area contributed by atoms with Crippen molar-refractivity contribution in [3.63, 3.8) is 0 Å². The topological polar surface area (TPSA) is 71.8 Å². The van der Waals surface area contributed by atoms with Gasteiger partial charge in [-0.05, 0) is 36.9 Å². The molecule has 0 spiro atoms. The first-order chi connectivity index (χ1) is 13.2. The summed E-state index contributed by atoms with van der Waals surface area (Å²) >= 11 is 0. The van der Waals surface area contributed by atoms with E-state index in [0.717, 1.165) is 43.3 Å². The molecule has 0 bridgehead atoms. The van der Waals surface area contributed by atoms with E-state index in [2.05, 4.69) is 60.6 Å². The maximum absolute atomic E-state index is 4.64. The molecule has 1 saturated heterocycles. The molecular formula is C20H25N7. The predicted molar refractivity (Wildman–Crippen MR) is 105 cm³/mol. The fraction of sp³-hybridized carbons (Fsp3) is 0.400. The Balaban J connectivity index is 1.33. The van der Waals surface area contributed by atoms with Gasteiger partial charge in [-0.3, -0.25) is 0 Å². The van der Waals surface area contributed by atoms with Crippen LogP contribution in [0.2, 0.25) is 0 Å². The molecule has 0 aliphatic carbocycles. The number of aryl methyl sites for hydroxylation is 2. The van der Waals surface area contributed by atoms with Crippen molar-refractivity contribution < 1.29 is 0 Å². The Morgan fingerprint density at radius 3 is 2.81 bits per heavy atom. The minimum atomic E-state index is 0.636. The van der Waals surface area contributed by atoms with Gasteiger partial charge in [0.25, 0.3) is 0 Å². The average Bonchev–Trinajstić information content (AvgIpc) is 3.33. The van der Waals surface area contributed by atoms with Crippen molar-refractivity contribution in [2.24, 2.45) is 7.05 Å². The van der Waals surface area contributed by atoms with Gasteiger partial charge in [0.15, 0.2) is 5.82 Å². The molecule has 3 aromatic rings. The highest BCUT2D eigenvalue weighted by molar-refractivity contribution is 5.55. The maximum Gasteiger partial charge on any atom is 0.223 e. The zero-order valence-electron chi connectivity index (χ0n) is 15.8. The monoisotopic (exact) mass is 363 g/mol. The first-order valence-corrected chi connectivity index (χ1v) is 9.40. The minimum Gasteiger partial charge on any atom is -0.353 e. The number of rotatable bonds is 6. The van der Waals surface area contributed by atoms with Crippen molar-refractivity contribution in [2.45, 2.75) is 19.3 Å². The van der Waals surface area contributed by atoms with Crippen LogP contribution in [-0.2, 0) is 7.05 Å². The first kappa shape index (κ1) is 17.6. The molecule has 1 aliphatic rings. The zero-order valence-corrected chi connectivity index (χ0v) is 15.8. The van der Waals surface area contributed by atoms with Crippen LogP contribution in [-0.4, -0.2) is 55.8 Å². The normalized spacial score (nSPS) is 17.3. The highest BCUT2D eigenvalue weighted by Crippen LogP contribution is 2.26. The summed E-state index contributed by atoms with van der Waals surface area (Å²) in [7, 11) is 1.87. The molecule has 1 fully saturated rings. The van der Waals surface area contributed by atoms with Crippen LogP contribution in [0.5, 0.6) is 0 Å². The molecule has 1 unspecified atom stereocenters. The largest absolute Gasteiger partial charge is 0.353 e. The van der Waals surface area contributed by atoms with Gasteiger partial charge in [0.2, 0.25) is 5.95 Å². The zero-order chi connectivity index (χ0) is 18.6. The molecule has 0 radical (unpaired) electrons. The van der Waals surface area contributed by atoms with E-state index in [1.165, 1.54) is 12.0 Å². The molecule has 0 amide bonds. The van der Waals surface area contributed by atoms with E-state index in [9.17, 15) is 0 Å². The molecule has 0 saturated carbocycles. The predicted octanol–water partition coefficient (Wildman–Crippen LogP) is 2.48. The molecule has 7 heteroatoms. The molecular weight excluding hydrogens is 338 g/mol. The van der Waals surface area contributed by atoms with Gasteiger partial charge in [0.1, 0.15) is 12.0 Å². The van der Waals surface area contributed by atoms with Gasteiger partial charge < -0.3 is 10.2 Å². The van der Waals surface area contributed by atoms with Crippen LogP contribution in [0.3, 0.4) is 0 Å². The summed E-state index contributed by atoms with van der Waals surface area (Å²) in [5, 5.41) is 7.48. The van der Waals surface area contributed by atoms with Crippen LogP contribution >= 0.6 is 0 Å². The molecule has 1 aliphatic heterocycles. The molecule has 4 rings (SSSR count). The van der Waals surface area contributed by atoms with Gasteiger partial charge in [-0.25, -0.2) is 19.6 Å². The van der Waals surface area contributed by atoms with Gasteiger partial charge in [-0.1, -0.05) is 30.3 Å². The van der Waals surface area contributed by atoms with E-state index in [0.29, 0.717) is 11.9 Å². The highest BCUT2D eigenvalue weighted by Gasteiger charge is 2.23. The van der Waals surface area contributed by atoms with Gasteiger partial charge >= 0.3 is 0 Å². The van der Waals surface area contributed by atoms with Crippen LogP contribution in [0.25, 0.3) is 11.5 Å². The van der Waals surface area contributed by atoms with Gasteiger partial charge in [0, 0.05) is 32.9 Å². The Labute approximate surface area is 159 Å². The van der Waals surface area contributed by atoms with Crippen LogP contribution < -0.4 is 5.32 Å². The first-order valence-electron chi connectivity index (χ1n) is 9.40. The molecule has 1 aromatic carbocycles. The molecule has 1 atom stereocenters. The van der Waals surface area contributed by atoms with Crippen LogP contribution in [0.1, 0.15) is 23.5 Å². The quantitative estimate of drug-likeness (QED) is 0.725. The summed E-state index contributed by atoms with van der Waals surface area (Å²) in [5.74, 6) is 2.03. The smallest absolute Gasteiger partial charge is 0.223 e. The number of nitrogens with one attached hydrogen (secondary N) is 1. The number of benzene rings is 1. The second-order valence-electron chi connectivity index (χ2n) is 7.06. The fourth-order valence-electron chi connectivity index (χ4n) is 3.62. The lowest BCUT2D eigenvalue weighted by Gasteiger charge is -2.16. The van der Waals surface area contributed by atoms with E-state index >= 15 is 0 Å². The second-order valence-corrected chi connectivity index (χ2v) is 7.06. The number of anilines is 1. The number of hydrogen-bond donors (Lipinski definition) is 1. The Bertz CT molecular complexity index is 890. The third kappa shape index (κ3) is 3.98.